The number of hydrogen-bond donors (Lipinski definition) is 1. The van der Waals surface area contributed by atoms with Crippen molar-refractivity contribution in [3.63, 3.8) is 0 Å². The molecule has 1 aromatic carbocycles. The summed E-state index contributed by atoms with van der Waals surface area (Å²) in [4.78, 5) is 21.3. The number of benzene rings is 1. The van der Waals surface area contributed by atoms with Gasteiger partial charge in [-0.1, -0.05) is 12.1 Å². The van der Waals surface area contributed by atoms with Gasteiger partial charge in [-0.15, -0.1) is 11.3 Å². The lowest BCUT2D eigenvalue weighted by Gasteiger charge is -2.26. The molecule has 3 heterocycles. The first-order valence-electron chi connectivity index (χ1n) is 8.47. The molecular formula is C18H22N4OS. The molecule has 1 aromatic heterocycles. The maximum Gasteiger partial charge on any atom is 0.321 e. The molecule has 126 valence electrons. The van der Waals surface area contributed by atoms with Gasteiger partial charge in [-0.05, 0) is 38.4 Å². The molecule has 2 amide bonds. The highest BCUT2D eigenvalue weighted by Gasteiger charge is 2.35. The highest BCUT2D eigenvalue weighted by Crippen LogP contribution is 2.29. The van der Waals surface area contributed by atoms with E-state index >= 15 is 0 Å². The lowest BCUT2D eigenvalue weighted by atomic mass is 10.1. The summed E-state index contributed by atoms with van der Waals surface area (Å²) < 4.78 is 0. The zero-order valence-electron chi connectivity index (χ0n) is 13.8. The van der Waals surface area contributed by atoms with Crippen molar-refractivity contribution >= 4 is 23.1 Å². The van der Waals surface area contributed by atoms with E-state index in [2.05, 4.69) is 22.2 Å². The molecule has 1 N–H and O–H groups in total. The van der Waals surface area contributed by atoms with Crippen LogP contribution in [0.3, 0.4) is 0 Å². The van der Waals surface area contributed by atoms with Crippen LogP contribution >= 0.6 is 11.3 Å². The lowest BCUT2D eigenvalue weighted by molar-refractivity contribution is 0.200. The van der Waals surface area contributed by atoms with E-state index in [1.54, 1.807) is 11.3 Å². The Morgan fingerprint density at radius 2 is 2.00 bits per heavy atom. The van der Waals surface area contributed by atoms with Gasteiger partial charge in [-0.3, -0.25) is 4.90 Å². The van der Waals surface area contributed by atoms with Gasteiger partial charge in [0.2, 0.25) is 0 Å². The number of anilines is 1. The molecule has 0 spiro atoms. The van der Waals surface area contributed by atoms with Crippen LogP contribution in [0.5, 0.6) is 0 Å². The Morgan fingerprint density at radius 1 is 1.21 bits per heavy atom. The van der Waals surface area contributed by atoms with E-state index in [9.17, 15) is 4.79 Å². The Morgan fingerprint density at radius 3 is 2.75 bits per heavy atom. The molecule has 24 heavy (non-hydrogen) atoms. The molecule has 2 saturated heterocycles. The molecule has 2 aliphatic heterocycles. The second-order valence-corrected chi connectivity index (χ2v) is 7.39. The number of thiazole rings is 1. The summed E-state index contributed by atoms with van der Waals surface area (Å²) >= 11 is 1.58. The molecule has 0 saturated carbocycles. The van der Waals surface area contributed by atoms with E-state index in [1.165, 1.54) is 12.8 Å². The van der Waals surface area contributed by atoms with E-state index in [-0.39, 0.29) is 6.03 Å². The standard InChI is InChI=1S/C18H22N4OS/c1-21-15-6-7-16(21)10-22(9-8-15)18(23)20-14-4-2-13(3-5-14)17-11-24-12-19-17/h2-5,11-12,15-16H,6-10H2,1H3,(H,20,23)/t15-,16+/m0/s1. The number of likely N-dealkylation sites (N-methyl/N-ethyl adjacent to an activating group) is 1. The molecular weight excluding hydrogens is 320 g/mol. The first-order valence-corrected chi connectivity index (χ1v) is 9.41. The van der Waals surface area contributed by atoms with Crippen molar-refractivity contribution < 1.29 is 4.79 Å². The number of likely N-dealkylation sites (tertiary alicyclic amines) is 1. The number of carbonyl (C=O) groups is 1. The Labute approximate surface area is 146 Å². The number of aromatic nitrogens is 1. The largest absolute Gasteiger partial charge is 0.323 e. The summed E-state index contributed by atoms with van der Waals surface area (Å²) in [6.07, 6.45) is 3.55. The van der Waals surface area contributed by atoms with E-state index in [1.807, 2.05) is 40.1 Å². The Hall–Kier alpha value is -1.92. The Bertz CT molecular complexity index is 700. The van der Waals surface area contributed by atoms with Gasteiger partial charge in [0.25, 0.3) is 0 Å². The molecule has 0 aliphatic carbocycles. The van der Waals surface area contributed by atoms with E-state index < -0.39 is 0 Å². The molecule has 2 atom stereocenters. The van der Waals surface area contributed by atoms with Crippen LogP contribution < -0.4 is 5.32 Å². The molecule has 5 nitrogen and oxygen atoms in total. The quantitative estimate of drug-likeness (QED) is 0.908. The molecule has 6 heteroatoms. The van der Waals surface area contributed by atoms with Gasteiger partial charge in [-0.25, -0.2) is 9.78 Å². The minimum atomic E-state index is 0.0114. The number of hydrogen-bond acceptors (Lipinski definition) is 4. The van der Waals surface area contributed by atoms with Gasteiger partial charge < -0.3 is 10.2 Å². The summed E-state index contributed by atoms with van der Waals surface area (Å²) in [6.45, 7) is 1.67. The average Bonchev–Trinajstić information content (AvgIpc) is 3.17. The minimum Gasteiger partial charge on any atom is -0.323 e. The summed E-state index contributed by atoms with van der Waals surface area (Å²) in [7, 11) is 2.20. The van der Waals surface area contributed by atoms with Crippen molar-refractivity contribution in [2.45, 2.75) is 31.3 Å². The molecule has 2 bridgehead atoms. The maximum absolute atomic E-state index is 12.6. The van der Waals surface area contributed by atoms with Crippen LogP contribution in [-0.4, -0.2) is 53.0 Å². The fourth-order valence-corrected chi connectivity index (χ4v) is 4.34. The third-order valence-electron chi connectivity index (χ3n) is 5.30. The number of fused-ring (bicyclic) bond motifs is 2. The van der Waals surface area contributed by atoms with Gasteiger partial charge >= 0.3 is 6.03 Å². The highest BCUT2D eigenvalue weighted by atomic mass is 32.1. The van der Waals surface area contributed by atoms with Crippen molar-refractivity contribution in [2.24, 2.45) is 0 Å². The Balaban J connectivity index is 1.41. The van der Waals surface area contributed by atoms with Crippen molar-refractivity contribution in [3.8, 4) is 11.3 Å². The molecule has 0 radical (unpaired) electrons. The third-order valence-corrected chi connectivity index (χ3v) is 5.89. The van der Waals surface area contributed by atoms with Crippen molar-refractivity contribution in [1.29, 1.82) is 0 Å². The number of urea groups is 1. The zero-order valence-corrected chi connectivity index (χ0v) is 14.6. The van der Waals surface area contributed by atoms with Gasteiger partial charge in [0.1, 0.15) is 0 Å². The number of carbonyl (C=O) groups excluding carboxylic acids is 1. The predicted molar refractivity (Wildman–Crippen MR) is 97.3 cm³/mol. The second-order valence-electron chi connectivity index (χ2n) is 6.67. The van der Waals surface area contributed by atoms with Crippen LogP contribution in [0.4, 0.5) is 10.5 Å². The molecule has 2 aliphatic rings. The molecule has 4 rings (SSSR count). The highest BCUT2D eigenvalue weighted by molar-refractivity contribution is 7.07. The van der Waals surface area contributed by atoms with E-state index in [4.69, 9.17) is 0 Å². The number of nitrogens with zero attached hydrogens (tertiary/aromatic N) is 3. The Kier molecular flexibility index (Phi) is 4.24. The van der Waals surface area contributed by atoms with Gasteiger partial charge in [-0.2, -0.15) is 0 Å². The van der Waals surface area contributed by atoms with Crippen LogP contribution in [0, 0.1) is 0 Å². The summed E-state index contributed by atoms with van der Waals surface area (Å²) in [6, 6.07) is 9.06. The topological polar surface area (TPSA) is 48.5 Å². The monoisotopic (exact) mass is 342 g/mol. The minimum absolute atomic E-state index is 0.0114. The fraction of sp³-hybridized carbons (Fsp3) is 0.444. The summed E-state index contributed by atoms with van der Waals surface area (Å²) in [5.41, 5.74) is 4.71. The summed E-state index contributed by atoms with van der Waals surface area (Å²) in [5.74, 6) is 0. The first kappa shape index (κ1) is 15.6. The van der Waals surface area contributed by atoms with Crippen LogP contribution in [0.25, 0.3) is 11.3 Å². The predicted octanol–water partition coefficient (Wildman–Crippen LogP) is 3.51. The van der Waals surface area contributed by atoms with E-state index in [0.29, 0.717) is 12.1 Å². The SMILES string of the molecule is CN1[C@H]2CC[C@@H]1CN(C(=O)Nc1ccc(-c3cscn3)cc1)CC2. The molecule has 0 unspecified atom stereocenters. The fourth-order valence-electron chi connectivity index (χ4n) is 3.78. The van der Waals surface area contributed by atoms with Crippen LogP contribution in [0.2, 0.25) is 0 Å². The van der Waals surface area contributed by atoms with Crippen LogP contribution in [-0.2, 0) is 0 Å². The smallest absolute Gasteiger partial charge is 0.321 e. The maximum atomic E-state index is 12.6. The average molecular weight is 342 g/mol. The van der Waals surface area contributed by atoms with Crippen LogP contribution in [0.1, 0.15) is 19.3 Å². The summed E-state index contributed by atoms with van der Waals surface area (Å²) in [5, 5.41) is 5.06. The van der Waals surface area contributed by atoms with Gasteiger partial charge in [0.05, 0.1) is 11.2 Å². The molecule has 2 aromatic rings. The number of nitrogens with one attached hydrogen (secondary N) is 1. The zero-order chi connectivity index (χ0) is 16.5. The molecule has 2 fully saturated rings. The van der Waals surface area contributed by atoms with Crippen LogP contribution in [0.15, 0.2) is 35.2 Å². The van der Waals surface area contributed by atoms with Crippen molar-refractivity contribution in [3.05, 3.63) is 35.2 Å². The van der Waals surface area contributed by atoms with E-state index in [0.717, 1.165) is 36.5 Å². The van der Waals surface area contributed by atoms with Gasteiger partial charge in [0, 0.05) is 41.8 Å². The normalized spacial score (nSPS) is 24.0. The first-order chi connectivity index (χ1) is 11.7. The van der Waals surface area contributed by atoms with Gasteiger partial charge in [0.15, 0.2) is 0 Å². The number of rotatable bonds is 2. The number of amides is 2. The second kappa shape index (κ2) is 6.53. The lowest BCUT2D eigenvalue weighted by Crippen LogP contribution is -2.41. The van der Waals surface area contributed by atoms with Crippen molar-refractivity contribution in [2.75, 3.05) is 25.5 Å². The third kappa shape index (κ3) is 3.03. The van der Waals surface area contributed by atoms with Crippen molar-refractivity contribution in [1.82, 2.24) is 14.8 Å².